The molecule has 0 aliphatic heterocycles. The minimum absolute atomic E-state index is 0.0158. The lowest BCUT2D eigenvalue weighted by atomic mass is 10.4. The second kappa shape index (κ2) is 4.38. The van der Waals surface area contributed by atoms with Gasteiger partial charge in [0, 0.05) is 11.8 Å². The first-order valence-corrected chi connectivity index (χ1v) is 3.94. The monoisotopic (exact) mass is 197 g/mol. The Balaban J connectivity index is 2.76. The predicted octanol–water partition coefficient (Wildman–Crippen LogP) is -0.884. The smallest absolute Gasteiger partial charge is 0.322 e. The van der Waals surface area contributed by atoms with Crippen LogP contribution in [-0.4, -0.2) is 22.7 Å². The van der Waals surface area contributed by atoms with E-state index in [4.69, 9.17) is 5.73 Å². The highest BCUT2D eigenvalue weighted by atomic mass is 16.2. The van der Waals surface area contributed by atoms with Crippen LogP contribution in [0.25, 0.3) is 0 Å². The zero-order chi connectivity index (χ0) is 10.6. The number of rotatable bonds is 2. The van der Waals surface area contributed by atoms with Crippen molar-refractivity contribution in [2.24, 2.45) is 5.73 Å². The number of urea groups is 1. The van der Waals surface area contributed by atoms with Crippen LogP contribution in [0.2, 0.25) is 0 Å². The van der Waals surface area contributed by atoms with Crippen molar-refractivity contribution in [2.75, 3.05) is 12.0 Å². The van der Waals surface area contributed by atoms with Crippen LogP contribution in [-0.2, 0) is 0 Å². The molecule has 0 unspecified atom stereocenters. The molecule has 0 saturated carbocycles. The lowest BCUT2D eigenvalue weighted by Crippen LogP contribution is -2.34. The summed E-state index contributed by atoms with van der Waals surface area (Å²) in [5, 5.41) is 4.63. The van der Waals surface area contributed by atoms with Gasteiger partial charge >= 0.3 is 6.03 Å². The highest BCUT2D eigenvalue weighted by molar-refractivity contribution is 5.87. The van der Waals surface area contributed by atoms with Crippen LogP contribution in [0.15, 0.2) is 10.9 Å². The van der Waals surface area contributed by atoms with E-state index in [0.29, 0.717) is 5.69 Å². The van der Waals surface area contributed by atoms with Crippen LogP contribution >= 0.6 is 0 Å². The van der Waals surface area contributed by atoms with Gasteiger partial charge in [0.05, 0.1) is 6.67 Å². The summed E-state index contributed by atoms with van der Waals surface area (Å²) in [4.78, 5) is 28.1. The molecule has 0 saturated heterocycles. The molecule has 0 atom stereocenters. The molecule has 76 valence electrons. The predicted molar refractivity (Wildman–Crippen MR) is 50.8 cm³/mol. The number of nitrogens with two attached hydrogens (primary N) is 1. The Morgan fingerprint density at radius 3 is 3.00 bits per heavy atom. The van der Waals surface area contributed by atoms with Gasteiger partial charge in [-0.1, -0.05) is 0 Å². The number of carbonyl (C=O) groups excluding carboxylic acids is 1. The van der Waals surface area contributed by atoms with Gasteiger partial charge in [0.25, 0.3) is 5.56 Å². The third kappa shape index (κ3) is 2.87. The second-order valence-corrected chi connectivity index (χ2v) is 2.59. The normalized spacial score (nSPS) is 9.57. The summed E-state index contributed by atoms with van der Waals surface area (Å²) in [5.41, 5.74) is 5.28. The number of aromatic amines is 1. The third-order valence-corrected chi connectivity index (χ3v) is 1.37. The van der Waals surface area contributed by atoms with Crippen molar-refractivity contribution < 1.29 is 4.79 Å². The molecule has 2 amide bonds. The van der Waals surface area contributed by atoms with E-state index in [1.54, 1.807) is 6.92 Å². The molecular formula is C7H11N5O2. The quantitative estimate of drug-likeness (QED) is 0.461. The maximum absolute atomic E-state index is 11.0. The van der Waals surface area contributed by atoms with Crippen LogP contribution < -0.4 is 21.9 Å². The van der Waals surface area contributed by atoms with Crippen molar-refractivity contribution in [2.45, 2.75) is 6.92 Å². The maximum Gasteiger partial charge on any atom is 0.322 e. The zero-order valence-corrected chi connectivity index (χ0v) is 7.63. The summed E-state index contributed by atoms with van der Waals surface area (Å²) < 4.78 is 0. The fourth-order valence-corrected chi connectivity index (χ4v) is 0.882. The topological polar surface area (TPSA) is 113 Å². The highest BCUT2D eigenvalue weighted by Gasteiger charge is 2.02. The summed E-state index contributed by atoms with van der Waals surface area (Å²) in [5.74, 6) is 0.0981. The molecule has 0 aliphatic carbocycles. The average Bonchev–Trinajstić information content (AvgIpc) is 2.01. The second-order valence-electron chi connectivity index (χ2n) is 2.59. The number of nitrogens with zero attached hydrogens (tertiary/aromatic N) is 1. The largest absolute Gasteiger partial charge is 0.329 e. The molecule has 0 bridgehead atoms. The minimum atomic E-state index is -0.513. The van der Waals surface area contributed by atoms with E-state index >= 15 is 0 Å². The summed E-state index contributed by atoms with van der Waals surface area (Å²) in [6.45, 7) is 1.71. The van der Waals surface area contributed by atoms with Crippen molar-refractivity contribution in [3.63, 3.8) is 0 Å². The molecule has 0 radical (unpaired) electrons. The Labute approximate surface area is 79.7 Å². The van der Waals surface area contributed by atoms with E-state index < -0.39 is 11.6 Å². The number of nitrogens with one attached hydrogen (secondary N) is 3. The first-order chi connectivity index (χ1) is 6.61. The Hall–Kier alpha value is -1.89. The van der Waals surface area contributed by atoms with Crippen LogP contribution in [0.5, 0.6) is 0 Å². The van der Waals surface area contributed by atoms with E-state index in [0.717, 1.165) is 0 Å². The number of aromatic nitrogens is 2. The van der Waals surface area contributed by atoms with Gasteiger partial charge in [-0.15, -0.1) is 0 Å². The number of H-pyrrole nitrogens is 1. The molecule has 0 aliphatic rings. The van der Waals surface area contributed by atoms with Crippen LogP contribution in [0, 0.1) is 6.92 Å². The molecule has 1 aromatic rings. The summed E-state index contributed by atoms with van der Waals surface area (Å²) in [7, 11) is 0. The minimum Gasteiger partial charge on any atom is -0.329 e. The standard InChI is InChI=1S/C7H11N5O2/c1-4-2-5(13)11-6(10-4)12-7(14)9-3-8/h2H,3,8H2,1H3,(H3,9,10,11,12,13,14). The van der Waals surface area contributed by atoms with Crippen molar-refractivity contribution >= 4 is 12.0 Å². The molecule has 0 spiro atoms. The van der Waals surface area contributed by atoms with Gasteiger partial charge in [0.1, 0.15) is 0 Å². The molecule has 14 heavy (non-hydrogen) atoms. The van der Waals surface area contributed by atoms with Gasteiger partial charge in [-0.25, -0.2) is 4.79 Å². The molecule has 1 aromatic heterocycles. The number of hydrogen-bond donors (Lipinski definition) is 4. The summed E-state index contributed by atoms with van der Waals surface area (Å²) >= 11 is 0. The lowest BCUT2D eigenvalue weighted by molar-refractivity contribution is 0.252. The maximum atomic E-state index is 11.0. The lowest BCUT2D eigenvalue weighted by Gasteiger charge is -2.04. The molecule has 0 aromatic carbocycles. The molecule has 1 rings (SSSR count). The van der Waals surface area contributed by atoms with E-state index in [-0.39, 0.29) is 12.6 Å². The molecule has 0 fully saturated rings. The van der Waals surface area contributed by atoms with Gasteiger partial charge in [0.2, 0.25) is 5.95 Å². The SMILES string of the molecule is Cc1cc(=O)nc(NC(=O)NCN)[nH]1. The Morgan fingerprint density at radius 1 is 1.71 bits per heavy atom. The number of carbonyl (C=O) groups is 1. The number of hydrogen-bond acceptors (Lipinski definition) is 4. The molecule has 5 N–H and O–H groups in total. The average molecular weight is 197 g/mol. The Bertz CT molecular complexity index is 386. The van der Waals surface area contributed by atoms with Gasteiger partial charge in [-0.3, -0.25) is 10.1 Å². The first kappa shape index (κ1) is 10.2. The molecule has 1 heterocycles. The van der Waals surface area contributed by atoms with E-state index in [1.165, 1.54) is 6.07 Å². The Kier molecular flexibility index (Phi) is 3.19. The Morgan fingerprint density at radius 2 is 2.43 bits per heavy atom. The van der Waals surface area contributed by atoms with Crippen molar-refractivity contribution in [1.82, 2.24) is 15.3 Å². The molecule has 7 heteroatoms. The number of amides is 2. The van der Waals surface area contributed by atoms with Gasteiger partial charge in [-0.2, -0.15) is 4.98 Å². The summed E-state index contributed by atoms with van der Waals surface area (Å²) in [6.07, 6.45) is 0. The van der Waals surface area contributed by atoms with Crippen molar-refractivity contribution in [3.05, 3.63) is 22.1 Å². The highest BCUT2D eigenvalue weighted by Crippen LogP contribution is 1.94. The fourth-order valence-electron chi connectivity index (χ4n) is 0.882. The molecule has 7 nitrogen and oxygen atoms in total. The van der Waals surface area contributed by atoms with Crippen LogP contribution in [0.1, 0.15) is 5.69 Å². The van der Waals surface area contributed by atoms with Gasteiger partial charge in [0.15, 0.2) is 0 Å². The van der Waals surface area contributed by atoms with Crippen molar-refractivity contribution in [1.29, 1.82) is 0 Å². The van der Waals surface area contributed by atoms with Crippen LogP contribution in [0.4, 0.5) is 10.7 Å². The fraction of sp³-hybridized carbons (Fsp3) is 0.286. The van der Waals surface area contributed by atoms with E-state index in [9.17, 15) is 9.59 Å². The van der Waals surface area contributed by atoms with Crippen LogP contribution in [0.3, 0.4) is 0 Å². The molecular weight excluding hydrogens is 186 g/mol. The zero-order valence-electron chi connectivity index (χ0n) is 7.63. The first-order valence-electron chi connectivity index (χ1n) is 3.94. The van der Waals surface area contributed by atoms with Crippen molar-refractivity contribution in [3.8, 4) is 0 Å². The van der Waals surface area contributed by atoms with Gasteiger partial charge < -0.3 is 16.0 Å². The van der Waals surface area contributed by atoms with E-state index in [1.807, 2.05) is 0 Å². The number of aryl methyl sites for hydroxylation is 1. The number of anilines is 1. The third-order valence-electron chi connectivity index (χ3n) is 1.37. The van der Waals surface area contributed by atoms with E-state index in [2.05, 4.69) is 20.6 Å². The summed E-state index contributed by atoms with van der Waals surface area (Å²) in [6, 6.07) is 0.813. The van der Waals surface area contributed by atoms with Gasteiger partial charge in [-0.05, 0) is 6.92 Å².